The highest BCUT2D eigenvalue weighted by molar-refractivity contribution is 5.97. The summed E-state index contributed by atoms with van der Waals surface area (Å²) in [5.74, 6) is -1.92. The lowest BCUT2D eigenvalue weighted by molar-refractivity contribution is -0.384. The molecule has 2 aromatic rings. The van der Waals surface area contributed by atoms with Gasteiger partial charge in [-0.05, 0) is 36.3 Å². The van der Waals surface area contributed by atoms with Gasteiger partial charge >= 0.3 is 11.9 Å². The van der Waals surface area contributed by atoms with E-state index in [9.17, 15) is 24.5 Å². The normalized spacial score (nSPS) is 10.4. The summed E-state index contributed by atoms with van der Waals surface area (Å²) in [7, 11) is 1.25. The van der Waals surface area contributed by atoms with Gasteiger partial charge in [0.05, 0.1) is 17.6 Å². The summed E-state index contributed by atoms with van der Waals surface area (Å²) in [5.41, 5.74) is 1.70. The number of carbonyl (C=O) groups is 3. The van der Waals surface area contributed by atoms with Gasteiger partial charge in [-0.15, -0.1) is 0 Å². The number of rotatable bonds is 7. The van der Waals surface area contributed by atoms with E-state index >= 15 is 0 Å². The van der Waals surface area contributed by atoms with Crippen LogP contribution >= 0.6 is 0 Å². The second-order valence-electron chi connectivity index (χ2n) is 5.86. The van der Waals surface area contributed by atoms with Crippen LogP contribution in [0.2, 0.25) is 0 Å². The highest BCUT2D eigenvalue weighted by Crippen LogP contribution is 2.18. The number of carbonyl (C=O) groups excluding carboxylic acids is 3. The maximum absolute atomic E-state index is 12.0. The molecule has 1 N–H and O–H groups in total. The maximum atomic E-state index is 12.0. The Morgan fingerprint density at radius 1 is 1.17 bits per heavy atom. The van der Waals surface area contributed by atoms with Crippen LogP contribution in [0.5, 0.6) is 0 Å². The minimum atomic E-state index is -0.785. The number of nitrogens with one attached hydrogen (secondary N) is 1. The van der Waals surface area contributed by atoms with Crippen LogP contribution in [0.25, 0.3) is 6.08 Å². The molecule has 9 nitrogen and oxygen atoms in total. The standard InChI is InChI=1S/C20H18N2O7/c1-13-6-8-15(20(25)28-2)11-17(13)21-18(23)12-29-19(24)9-7-14-4-3-5-16(10-14)22(26)27/h3-11H,12H2,1-2H3,(H,21,23)/b9-7+. The van der Waals surface area contributed by atoms with Crippen molar-refractivity contribution >= 4 is 35.3 Å². The van der Waals surface area contributed by atoms with Crippen LogP contribution in [0.15, 0.2) is 48.5 Å². The fourth-order valence-electron chi connectivity index (χ4n) is 2.28. The van der Waals surface area contributed by atoms with E-state index in [0.717, 1.165) is 6.08 Å². The topological polar surface area (TPSA) is 125 Å². The average molecular weight is 398 g/mol. The summed E-state index contributed by atoms with van der Waals surface area (Å²) < 4.78 is 9.48. The predicted molar refractivity (Wildman–Crippen MR) is 104 cm³/mol. The number of ether oxygens (including phenoxy) is 2. The number of hydrogen-bond donors (Lipinski definition) is 1. The van der Waals surface area contributed by atoms with Crippen molar-refractivity contribution in [2.45, 2.75) is 6.92 Å². The summed E-state index contributed by atoms with van der Waals surface area (Å²) in [6.45, 7) is 1.20. The molecule has 0 aliphatic heterocycles. The van der Waals surface area contributed by atoms with Crippen LogP contribution in [0, 0.1) is 17.0 Å². The lowest BCUT2D eigenvalue weighted by atomic mass is 10.1. The van der Waals surface area contributed by atoms with E-state index in [2.05, 4.69) is 10.1 Å². The van der Waals surface area contributed by atoms with Crippen LogP contribution < -0.4 is 5.32 Å². The highest BCUT2D eigenvalue weighted by atomic mass is 16.6. The van der Waals surface area contributed by atoms with Crippen LogP contribution in [0.1, 0.15) is 21.5 Å². The molecule has 0 spiro atoms. The highest BCUT2D eigenvalue weighted by Gasteiger charge is 2.11. The predicted octanol–water partition coefficient (Wildman–Crippen LogP) is 2.88. The Kier molecular flexibility index (Phi) is 7.19. The summed E-state index contributed by atoms with van der Waals surface area (Å²) in [6.07, 6.45) is 2.41. The molecule has 0 fully saturated rings. The fraction of sp³-hybridized carbons (Fsp3) is 0.150. The van der Waals surface area contributed by atoms with Gasteiger partial charge in [0.25, 0.3) is 11.6 Å². The molecule has 0 heterocycles. The summed E-state index contributed by atoms with van der Waals surface area (Å²) >= 11 is 0. The maximum Gasteiger partial charge on any atom is 0.337 e. The van der Waals surface area contributed by atoms with Crippen molar-refractivity contribution in [3.8, 4) is 0 Å². The second kappa shape index (κ2) is 9.79. The largest absolute Gasteiger partial charge is 0.465 e. The third-order valence-corrected chi connectivity index (χ3v) is 3.77. The van der Waals surface area contributed by atoms with Gasteiger partial charge in [0.15, 0.2) is 6.61 Å². The molecule has 29 heavy (non-hydrogen) atoms. The number of esters is 2. The summed E-state index contributed by atoms with van der Waals surface area (Å²) in [6, 6.07) is 10.4. The van der Waals surface area contributed by atoms with Crippen LogP contribution in [-0.4, -0.2) is 36.5 Å². The molecule has 2 rings (SSSR count). The monoisotopic (exact) mass is 398 g/mol. The van der Waals surface area contributed by atoms with Gasteiger partial charge in [-0.25, -0.2) is 9.59 Å². The number of methoxy groups -OCH3 is 1. The minimum Gasteiger partial charge on any atom is -0.465 e. The number of nitrogens with zero attached hydrogens (tertiary/aromatic N) is 1. The van der Waals surface area contributed by atoms with Crippen LogP contribution in [-0.2, 0) is 19.1 Å². The quantitative estimate of drug-likeness (QED) is 0.329. The first-order chi connectivity index (χ1) is 13.8. The molecule has 0 aromatic heterocycles. The van der Waals surface area contributed by atoms with Gasteiger partial charge in [-0.2, -0.15) is 0 Å². The molecule has 0 bridgehead atoms. The number of nitro groups is 1. The number of amides is 1. The molecule has 0 atom stereocenters. The zero-order chi connectivity index (χ0) is 21.4. The molecule has 0 aliphatic carbocycles. The Morgan fingerprint density at radius 3 is 2.62 bits per heavy atom. The number of anilines is 1. The number of nitro benzene ring substituents is 1. The molecular weight excluding hydrogens is 380 g/mol. The van der Waals surface area contributed by atoms with Crippen molar-refractivity contribution in [2.24, 2.45) is 0 Å². The van der Waals surface area contributed by atoms with Crippen molar-refractivity contribution in [3.05, 3.63) is 75.3 Å². The van der Waals surface area contributed by atoms with Gasteiger partial charge in [0.2, 0.25) is 0 Å². The number of hydrogen-bond acceptors (Lipinski definition) is 7. The van der Waals surface area contributed by atoms with Crippen molar-refractivity contribution in [3.63, 3.8) is 0 Å². The molecule has 9 heteroatoms. The van der Waals surface area contributed by atoms with Gasteiger partial charge in [0, 0.05) is 23.9 Å². The van der Waals surface area contributed by atoms with Crippen LogP contribution in [0.4, 0.5) is 11.4 Å². The summed E-state index contributed by atoms with van der Waals surface area (Å²) in [4.78, 5) is 45.5. The molecule has 0 saturated carbocycles. The first kappa shape index (κ1) is 21.3. The van der Waals surface area contributed by atoms with Gasteiger partial charge in [0.1, 0.15) is 0 Å². The van der Waals surface area contributed by atoms with E-state index in [0.29, 0.717) is 16.8 Å². The van der Waals surface area contributed by atoms with Crippen molar-refractivity contribution < 1.29 is 28.8 Å². The van der Waals surface area contributed by atoms with E-state index in [1.807, 2.05) is 0 Å². The molecule has 0 aliphatic rings. The van der Waals surface area contributed by atoms with Crippen LogP contribution in [0.3, 0.4) is 0 Å². The molecule has 150 valence electrons. The number of non-ortho nitro benzene ring substituents is 1. The molecule has 2 aromatic carbocycles. The van der Waals surface area contributed by atoms with Crippen molar-refractivity contribution in [1.82, 2.24) is 0 Å². The first-order valence-corrected chi connectivity index (χ1v) is 8.38. The zero-order valence-electron chi connectivity index (χ0n) is 15.7. The third-order valence-electron chi connectivity index (χ3n) is 3.77. The van der Waals surface area contributed by atoms with Gasteiger partial charge in [-0.3, -0.25) is 14.9 Å². The smallest absolute Gasteiger partial charge is 0.337 e. The van der Waals surface area contributed by atoms with E-state index in [1.165, 1.54) is 37.5 Å². The molecule has 0 saturated heterocycles. The van der Waals surface area contributed by atoms with Gasteiger partial charge in [-0.1, -0.05) is 18.2 Å². The molecule has 0 radical (unpaired) electrons. The molecular formula is C20H18N2O7. The Balaban J connectivity index is 1.92. The first-order valence-electron chi connectivity index (χ1n) is 8.38. The lowest BCUT2D eigenvalue weighted by Gasteiger charge is -2.10. The van der Waals surface area contributed by atoms with Crippen molar-refractivity contribution in [2.75, 3.05) is 19.0 Å². The van der Waals surface area contributed by atoms with E-state index in [1.54, 1.807) is 25.1 Å². The Labute approximate surface area is 166 Å². The summed E-state index contributed by atoms with van der Waals surface area (Å²) in [5, 5.41) is 13.3. The van der Waals surface area contributed by atoms with E-state index in [-0.39, 0.29) is 11.3 Å². The van der Waals surface area contributed by atoms with E-state index < -0.39 is 29.4 Å². The second-order valence-corrected chi connectivity index (χ2v) is 5.86. The number of benzene rings is 2. The lowest BCUT2D eigenvalue weighted by Crippen LogP contribution is -2.21. The van der Waals surface area contributed by atoms with Crippen molar-refractivity contribution in [1.29, 1.82) is 0 Å². The minimum absolute atomic E-state index is 0.107. The average Bonchev–Trinajstić information content (AvgIpc) is 2.71. The van der Waals surface area contributed by atoms with E-state index in [4.69, 9.17) is 4.74 Å². The fourth-order valence-corrected chi connectivity index (χ4v) is 2.28. The Hall–Kier alpha value is -4.01. The Morgan fingerprint density at radius 2 is 1.93 bits per heavy atom. The third kappa shape index (κ3) is 6.28. The molecule has 0 unspecified atom stereocenters. The number of aryl methyl sites for hydroxylation is 1. The SMILES string of the molecule is COC(=O)c1ccc(C)c(NC(=O)COC(=O)/C=C/c2cccc([N+](=O)[O-])c2)c1. The zero-order valence-corrected chi connectivity index (χ0v) is 15.7. The van der Waals surface area contributed by atoms with Gasteiger partial charge < -0.3 is 14.8 Å². The Bertz CT molecular complexity index is 983. The molecule has 1 amide bonds.